The Morgan fingerprint density at radius 3 is 2.94 bits per heavy atom. The summed E-state index contributed by atoms with van der Waals surface area (Å²) < 4.78 is 0. The fourth-order valence-corrected chi connectivity index (χ4v) is 2.22. The smallest absolute Gasteiger partial charge is 0.107 e. The van der Waals surface area contributed by atoms with Crippen molar-refractivity contribution in [1.29, 1.82) is 5.26 Å². The Morgan fingerprint density at radius 2 is 2.31 bits per heavy atom. The zero-order valence-electron chi connectivity index (χ0n) is 9.99. The molecule has 1 aromatic rings. The monoisotopic (exact) mass is 237 g/mol. The highest BCUT2D eigenvalue weighted by Crippen LogP contribution is 2.21. The van der Waals surface area contributed by atoms with E-state index in [0.717, 1.165) is 30.9 Å². The fourth-order valence-electron chi connectivity index (χ4n) is 1.32. The van der Waals surface area contributed by atoms with E-state index >= 15 is 0 Å². The quantitative estimate of drug-likeness (QED) is 0.741. The SMILES string of the molecule is CC(C)c1cnc(CNCCCCC#N)s1. The molecule has 3 nitrogen and oxygen atoms in total. The van der Waals surface area contributed by atoms with Crippen LogP contribution in [0.4, 0.5) is 0 Å². The van der Waals surface area contributed by atoms with Crippen molar-refractivity contribution in [1.82, 2.24) is 10.3 Å². The molecule has 0 aliphatic carbocycles. The molecule has 0 atom stereocenters. The molecule has 88 valence electrons. The van der Waals surface area contributed by atoms with E-state index in [-0.39, 0.29) is 0 Å². The van der Waals surface area contributed by atoms with Gasteiger partial charge in [-0.1, -0.05) is 13.8 Å². The van der Waals surface area contributed by atoms with Gasteiger partial charge < -0.3 is 5.32 Å². The lowest BCUT2D eigenvalue weighted by Gasteiger charge is -2.00. The summed E-state index contributed by atoms with van der Waals surface area (Å²) in [7, 11) is 0. The second kappa shape index (κ2) is 7.37. The number of aromatic nitrogens is 1. The van der Waals surface area contributed by atoms with Crippen LogP contribution in [0.2, 0.25) is 0 Å². The number of nitrogens with one attached hydrogen (secondary N) is 1. The molecule has 0 aromatic carbocycles. The highest BCUT2D eigenvalue weighted by molar-refractivity contribution is 7.11. The molecule has 0 radical (unpaired) electrons. The molecule has 1 N–H and O–H groups in total. The van der Waals surface area contributed by atoms with E-state index in [4.69, 9.17) is 5.26 Å². The molecule has 1 aromatic heterocycles. The van der Waals surface area contributed by atoms with Gasteiger partial charge in [-0.05, 0) is 25.3 Å². The Bertz CT molecular complexity index is 338. The molecule has 0 aliphatic rings. The summed E-state index contributed by atoms with van der Waals surface area (Å²) >= 11 is 1.78. The van der Waals surface area contributed by atoms with E-state index in [2.05, 4.69) is 30.2 Å². The van der Waals surface area contributed by atoms with Crippen LogP contribution in [0.1, 0.15) is 48.9 Å². The van der Waals surface area contributed by atoms with Crippen molar-refractivity contribution < 1.29 is 0 Å². The van der Waals surface area contributed by atoms with E-state index in [1.165, 1.54) is 4.88 Å². The second-order valence-electron chi connectivity index (χ2n) is 4.10. The number of nitriles is 1. The van der Waals surface area contributed by atoms with Crippen LogP contribution in [0.5, 0.6) is 0 Å². The molecule has 1 heterocycles. The maximum Gasteiger partial charge on any atom is 0.107 e. The third-order valence-corrected chi connectivity index (χ3v) is 3.61. The highest BCUT2D eigenvalue weighted by Gasteiger charge is 2.04. The van der Waals surface area contributed by atoms with Gasteiger partial charge in [0.15, 0.2) is 0 Å². The average Bonchev–Trinajstić information content (AvgIpc) is 2.72. The lowest BCUT2D eigenvalue weighted by molar-refractivity contribution is 0.627. The summed E-state index contributed by atoms with van der Waals surface area (Å²) in [6, 6.07) is 2.15. The summed E-state index contributed by atoms with van der Waals surface area (Å²) in [6.45, 7) is 6.20. The molecular formula is C12H19N3S. The predicted octanol–water partition coefficient (Wildman–Crippen LogP) is 3.05. The summed E-state index contributed by atoms with van der Waals surface area (Å²) in [5.41, 5.74) is 0. The molecule has 4 heteroatoms. The summed E-state index contributed by atoms with van der Waals surface area (Å²) in [5.74, 6) is 0.571. The first-order chi connectivity index (χ1) is 7.74. The van der Waals surface area contributed by atoms with E-state index in [0.29, 0.717) is 12.3 Å². The molecule has 0 saturated carbocycles. The van der Waals surface area contributed by atoms with Crippen molar-refractivity contribution in [2.24, 2.45) is 0 Å². The van der Waals surface area contributed by atoms with Crippen molar-refractivity contribution in [3.05, 3.63) is 16.1 Å². The largest absolute Gasteiger partial charge is 0.310 e. The Labute approximate surface area is 102 Å². The number of unbranched alkanes of at least 4 members (excludes halogenated alkanes) is 2. The molecule has 16 heavy (non-hydrogen) atoms. The van der Waals surface area contributed by atoms with Gasteiger partial charge in [0.1, 0.15) is 5.01 Å². The lowest BCUT2D eigenvalue weighted by atomic mass is 10.2. The molecule has 0 unspecified atom stereocenters. The second-order valence-corrected chi connectivity index (χ2v) is 5.25. The topological polar surface area (TPSA) is 48.7 Å². The third kappa shape index (κ3) is 4.73. The van der Waals surface area contributed by atoms with E-state index in [9.17, 15) is 0 Å². The van der Waals surface area contributed by atoms with Gasteiger partial charge in [-0.25, -0.2) is 4.98 Å². The molecular weight excluding hydrogens is 218 g/mol. The van der Waals surface area contributed by atoms with Crippen molar-refractivity contribution in [2.75, 3.05) is 6.54 Å². The fraction of sp³-hybridized carbons (Fsp3) is 0.667. The van der Waals surface area contributed by atoms with Gasteiger partial charge in [-0.15, -0.1) is 11.3 Å². The molecule has 0 amide bonds. The minimum atomic E-state index is 0.571. The van der Waals surface area contributed by atoms with Gasteiger partial charge in [-0.3, -0.25) is 0 Å². The van der Waals surface area contributed by atoms with Gasteiger partial charge in [0.25, 0.3) is 0 Å². The maximum absolute atomic E-state index is 8.38. The summed E-state index contributed by atoms with van der Waals surface area (Å²) in [5, 5.41) is 12.9. The van der Waals surface area contributed by atoms with Crippen LogP contribution in [0.15, 0.2) is 6.20 Å². The number of nitrogens with zero attached hydrogens (tertiary/aromatic N) is 2. The molecule has 0 aliphatic heterocycles. The summed E-state index contributed by atoms with van der Waals surface area (Å²) in [6.07, 6.45) is 4.69. The van der Waals surface area contributed by atoms with Crippen molar-refractivity contribution >= 4 is 11.3 Å². The van der Waals surface area contributed by atoms with Crippen LogP contribution >= 0.6 is 11.3 Å². The first kappa shape index (κ1) is 13.1. The zero-order chi connectivity index (χ0) is 11.8. The number of thiazole rings is 1. The van der Waals surface area contributed by atoms with E-state index in [1.807, 2.05) is 6.20 Å². The lowest BCUT2D eigenvalue weighted by Crippen LogP contribution is -2.14. The minimum absolute atomic E-state index is 0.571. The minimum Gasteiger partial charge on any atom is -0.310 e. The van der Waals surface area contributed by atoms with E-state index < -0.39 is 0 Å². The van der Waals surface area contributed by atoms with Gasteiger partial charge >= 0.3 is 0 Å². The molecule has 0 fully saturated rings. The number of hydrogen-bond acceptors (Lipinski definition) is 4. The molecule has 1 rings (SSSR count). The maximum atomic E-state index is 8.38. The number of rotatable bonds is 7. The first-order valence-corrected chi connectivity index (χ1v) is 6.58. The summed E-state index contributed by atoms with van der Waals surface area (Å²) in [4.78, 5) is 5.72. The van der Waals surface area contributed by atoms with Crippen LogP contribution in [0.25, 0.3) is 0 Å². The van der Waals surface area contributed by atoms with Gasteiger partial charge in [0.2, 0.25) is 0 Å². The normalized spacial score (nSPS) is 10.6. The Balaban J connectivity index is 2.15. The van der Waals surface area contributed by atoms with Gasteiger partial charge in [0, 0.05) is 24.0 Å². The number of hydrogen-bond donors (Lipinski definition) is 1. The van der Waals surface area contributed by atoms with Crippen molar-refractivity contribution in [3.8, 4) is 6.07 Å². The average molecular weight is 237 g/mol. The van der Waals surface area contributed by atoms with Gasteiger partial charge in [0.05, 0.1) is 6.07 Å². The zero-order valence-corrected chi connectivity index (χ0v) is 10.8. The van der Waals surface area contributed by atoms with Crippen molar-refractivity contribution in [2.45, 2.75) is 45.6 Å². The van der Waals surface area contributed by atoms with Crippen LogP contribution in [0, 0.1) is 11.3 Å². The van der Waals surface area contributed by atoms with Crippen LogP contribution in [-0.2, 0) is 6.54 Å². The standard InChI is InChI=1S/C12H19N3S/c1-10(2)11-8-15-12(16-11)9-14-7-5-3-4-6-13/h8,10,14H,3-5,7,9H2,1-2H3. The first-order valence-electron chi connectivity index (χ1n) is 5.76. The Hall–Kier alpha value is -0.920. The van der Waals surface area contributed by atoms with Crippen LogP contribution in [-0.4, -0.2) is 11.5 Å². The molecule has 0 spiro atoms. The van der Waals surface area contributed by atoms with Gasteiger partial charge in [-0.2, -0.15) is 5.26 Å². The highest BCUT2D eigenvalue weighted by atomic mass is 32.1. The van der Waals surface area contributed by atoms with E-state index in [1.54, 1.807) is 11.3 Å². The molecule has 0 saturated heterocycles. The Morgan fingerprint density at radius 1 is 1.50 bits per heavy atom. The van der Waals surface area contributed by atoms with Crippen LogP contribution in [0.3, 0.4) is 0 Å². The molecule has 0 bridgehead atoms. The predicted molar refractivity (Wildman–Crippen MR) is 67.4 cm³/mol. The third-order valence-electron chi connectivity index (χ3n) is 2.31. The van der Waals surface area contributed by atoms with Crippen LogP contribution < -0.4 is 5.32 Å². The Kier molecular flexibility index (Phi) is 6.05. The van der Waals surface area contributed by atoms with Crippen molar-refractivity contribution in [3.63, 3.8) is 0 Å².